The summed E-state index contributed by atoms with van der Waals surface area (Å²) in [7, 11) is 0. The number of halogens is 1. The first-order valence-corrected chi connectivity index (χ1v) is 4.21. The van der Waals surface area contributed by atoms with E-state index in [2.05, 4.69) is 27.6 Å². The van der Waals surface area contributed by atoms with Crippen LogP contribution in [0.25, 0.3) is 0 Å². The van der Waals surface area contributed by atoms with E-state index in [-0.39, 0.29) is 0 Å². The zero-order valence-corrected chi connectivity index (χ0v) is 7.69. The Balaban J connectivity index is 3.11. The maximum Gasteiger partial charge on any atom is 0.178 e. The van der Waals surface area contributed by atoms with Gasteiger partial charge in [0, 0.05) is 0 Å². The summed E-state index contributed by atoms with van der Waals surface area (Å²) >= 11 is 3.59. The maximum atomic E-state index is 10.1. The van der Waals surface area contributed by atoms with E-state index in [0.717, 1.165) is 14.9 Å². The smallest absolute Gasteiger partial charge is 0.178 e. The van der Waals surface area contributed by atoms with Gasteiger partial charge < -0.3 is 0 Å². The van der Waals surface area contributed by atoms with E-state index >= 15 is 0 Å². The van der Waals surface area contributed by atoms with E-state index in [1.165, 1.54) is 11.3 Å². The summed E-state index contributed by atoms with van der Waals surface area (Å²) < 4.78 is 1.09. The zero-order chi connectivity index (χ0) is 6.85. The molecule has 0 aliphatic carbocycles. The number of aryl methyl sites for hydroxylation is 1. The van der Waals surface area contributed by atoms with Crippen molar-refractivity contribution < 1.29 is 4.79 Å². The first-order valence-electron chi connectivity index (χ1n) is 2.32. The minimum atomic E-state index is 0.567. The summed E-state index contributed by atoms with van der Waals surface area (Å²) in [6, 6.07) is 0. The molecule has 0 bridgehead atoms. The van der Waals surface area contributed by atoms with E-state index in [9.17, 15) is 4.79 Å². The highest BCUT2D eigenvalue weighted by Gasteiger charge is 2.01. The van der Waals surface area contributed by atoms with E-state index < -0.39 is 0 Å². The molecule has 0 aliphatic heterocycles. The molecular formula is C5H4INOS. The lowest BCUT2D eigenvalue weighted by Crippen LogP contribution is -1.75. The number of nitrogens with zero attached hydrogens (tertiary/aromatic N) is 1. The van der Waals surface area contributed by atoms with Crippen LogP contribution in [0, 0.1) is 9.81 Å². The molecule has 48 valence electrons. The number of carbonyl (C=O) groups excluding carboxylic acids is 1. The van der Waals surface area contributed by atoms with Crippen molar-refractivity contribution in [2.45, 2.75) is 6.92 Å². The average molecular weight is 253 g/mol. The lowest BCUT2D eigenvalue weighted by Gasteiger charge is -1.75. The standard InChI is InChI=1S/C5H4INOS/c1-3-5(6)9-4(2-8)7-3/h2H,1H3. The number of rotatable bonds is 1. The second-order valence-corrected chi connectivity index (χ2v) is 4.37. The number of aldehydes is 1. The highest BCUT2D eigenvalue weighted by Crippen LogP contribution is 2.17. The van der Waals surface area contributed by atoms with Gasteiger partial charge in [-0.1, -0.05) is 0 Å². The lowest BCUT2D eigenvalue weighted by atomic mass is 10.6. The molecule has 0 saturated heterocycles. The predicted octanol–water partition coefficient (Wildman–Crippen LogP) is 1.87. The Hall–Kier alpha value is 0.0300. The molecule has 0 fully saturated rings. The number of hydrogen-bond donors (Lipinski definition) is 0. The van der Waals surface area contributed by atoms with Crippen molar-refractivity contribution in [1.82, 2.24) is 4.98 Å². The second-order valence-electron chi connectivity index (χ2n) is 1.53. The summed E-state index contributed by atoms with van der Waals surface area (Å²) in [5, 5.41) is 0.567. The molecule has 0 amide bonds. The van der Waals surface area contributed by atoms with Crippen LogP contribution in [0.4, 0.5) is 0 Å². The number of aromatic nitrogens is 1. The molecule has 1 aromatic heterocycles. The second kappa shape index (κ2) is 2.74. The third-order valence-electron chi connectivity index (χ3n) is 0.857. The molecule has 0 spiro atoms. The molecule has 2 nitrogen and oxygen atoms in total. The van der Waals surface area contributed by atoms with Crippen LogP contribution in [0.15, 0.2) is 0 Å². The van der Waals surface area contributed by atoms with Crippen molar-refractivity contribution in [3.8, 4) is 0 Å². The molecule has 0 unspecified atom stereocenters. The molecule has 1 heterocycles. The van der Waals surface area contributed by atoms with Crippen LogP contribution in [-0.4, -0.2) is 11.3 Å². The molecular weight excluding hydrogens is 249 g/mol. The largest absolute Gasteiger partial charge is 0.295 e. The minimum absolute atomic E-state index is 0.567. The Morgan fingerprint density at radius 2 is 2.44 bits per heavy atom. The fourth-order valence-electron chi connectivity index (χ4n) is 0.448. The van der Waals surface area contributed by atoms with Gasteiger partial charge in [-0.25, -0.2) is 4.98 Å². The summed E-state index contributed by atoms with van der Waals surface area (Å²) in [6.07, 6.45) is 0.778. The van der Waals surface area contributed by atoms with Crippen molar-refractivity contribution in [2.75, 3.05) is 0 Å². The van der Waals surface area contributed by atoms with E-state index in [4.69, 9.17) is 0 Å². The molecule has 0 aromatic carbocycles. The SMILES string of the molecule is Cc1nc(C=O)sc1I. The first-order chi connectivity index (χ1) is 4.24. The minimum Gasteiger partial charge on any atom is -0.295 e. The van der Waals surface area contributed by atoms with E-state index in [0.29, 0.717) is 5.01 Å². The van der Waals surface area contributed by atoms with Gasteiger partial charge in [0.25, 0.3) is 0 Å². The summed E-state index contributed by atoms with van der Waals surface area (Å²) in [5.74, 6) is 0. The molecule has 0 N–H and O–H groups in total. The number of carbonyl (C=O) groups is 1. The van der Waals surface area contributed by atoms with Gasteiger partial charge in [0.2, 0.25) is 0 Å². The quantitative estimate of drug-likeness (QED) is 0.565. The summed E-state index contributed by atoms with van der Waals surface area (Å²) in [5.41, 5.74) is 0.947. The molecule has 0 saturated carbocycles. The molecule has 1 rings (SSSR count). The third kappa shape index (κ3) is 1.48. The molecule has 0 atom stereocenters. The normalized spacial score (nSPS) is 9.56. The lowest BCUT2D eigenvalue weighted by molar-refractivity contribution is 0.112. The highest BCUT2D eigenvalue weighted by molar-refractivity contribution is 14.1. The van der Waals surface area contributed by atoms with Crippen molar-refractivity contribution in [2.24, 2.45) is 0 Å². The molecule has 1 aromatic rings. The predicted molar refractivity (Wildman–Crippen MR) is 45.0 cm³/mol. The van der Waals surface area contributed by atoms with Crippen LogP contribution in [0.1, 0.15) is 15.5 Å². The maximum absolute atomic E-state index is 10.1. The fraction of sp³-hybridized carbons (Fsp3) is 0.200. The molecule has 9 heavy (non-hydrogen) atoms. The number of thiazole rings is 1. The summed E-state index contributed by atoms with van der Waals surface area (Å²) in [6.45, 7) is 1.89. The Labute approximate surface area is 70.4 Å². The van der Waals surface area contributed by atoms with Crippen LogP contribution >= 0.6 is 33.9 Å². The van der Waals surface area contributed by atoms with E-state index in [1.54, 1.807) is 0 Å². The van der Waals surface area contributed by atoms with Crippen LogP contribution in [0.3, 0.4) is 0 Å². The van der Waals surface area contributed by atoms with Gasteiger partial charge in [-0.15, -0.1) is 11.3 Å². The number of hydrogen-bond acceptors (Lipinski definition) is 3. The molecule has 4 heteroatoms. The van der Waals surface area contributed by atoms with Crippen LogP contribution in [0.5, 0.6) is 0 Å². The summed E-state index contributed by atoms with van der Waals surface area (Å²) in [4.78, 5) is 14.1. The van der Waals surface area contributed by atoms with Crippen molar-refractivity contribution >= 4 is 40.2 Å². The molecule has 0 aliphatic rings. The van der Waals surface area contributed by atoms with E-state index in [1.807, 2.05) is 6.92 Å². The van der Waals surface area contributed by atoms with Gasteiger partial charge in [0.15, 0.2) is 11.3 Å². The zero-order valence-electron chi connectivity index (χ0n) is 4.72. The van der Waals surface area contributed by atoms with Gasteiger partial charge in [-0.3, -0.25) is 4.79 Å². The van der Waals surface area contributed by atoms with Gasteiger partial charge in [0.1, 0.15) is 0 Å². The molecule has 0 radical (unpaired) electrons. The van der Waals surface area contributed by atoms with Crippen LogP contribution in [0.2, 0.25) is 0 Å². The Kier molecular flexibility index (Phi) is 2.18. The first kappa shape index (κ1) is 7.14. The third-order valence-corrected chi connectivity index (χ3v) is 3.17. The van der Waals surface area contributed by atoms with Gasteiger partial charge in [0.05, 0.1) is 8.58 Å². The van der Waals surface area contributed by atoms with Crippen LogP contribution in [-0.2, 0) is 0 Å². The van der Waals surface area contributed by atoms with Crippen LogP contribution < -0.4 is 0 Å². The monoisotopic (exact) mass is 253 g/mol. The topological polar surface area (TPSA) is 30.0 Å². The van der Waals surface area contributed by atoms with Gasteiger partial charge in [-0.05, 0) is 29.5 Å². The Morgan fingerprint density at radius 3 is 2.67 bits per heavy atom. The van der Waals surface area contributed by atoms with Crippen molar-refractivity contribution in [1.29, 1.82) is 0 Å². The van der Waals surface area contributed by atoms with Gasteiger partial charge >= 0.3 is 0 Å². The van der Waals surface area contributed by atoms with Crippen molar-refractivity contribution in [3.63, 3.8) is 0 Å². The average Bonchev–Trinajstić information content (AvgIpc) is 2.13. The van der Waals surface area contributed by atoms with Crippen molar-refractivity contribution in [3.05, 3.63) is 13.6 Å². The van der Waals surface area contributed by atoms with Gasteiger partial charge in [-0.2, -0.15) is 0 Å². The highest BCUT2D eigenvalue weighted by atomic mass is 127. The Bertz CT molecular complexity index is 213. The fourth-order valence-corrected chi connectivity index (χ4v) is 1.85. The Morgan fingerprint density at radius 1 is 1.78 bits per heavy atom.